The minimum Gasteiger partial charge on any atom is -0.462 e. The normalized spacial score (nSPS) is 14.9. The summed E-state index contributed by atoms with van der Waals surface area (Å²) in [7, 11) is 0. The average Bonchev–Trinajstić information content (AvgIpc) is 3.02. The largest absolute Gasteiger partial charge is 0.462 e. The number of hydrogen-bond acceptors (Lipinski definition) is 5. The molecule has 0 aliphatic carbocycles. The fraction of sp³-hybridized carbons (Fsp3) is 0.353. The zero-order valence-electron chi connectivity index (χ0n) is 12.6. The monoisotopic (exact) mass is 317 g/mol. The number of carbonyl (C=O) groups excluding carboxylic acids is 1. The number of nitrogens with zero attached hydrogens (tertiary/aromatic N) is 1. The maximum absolute atomic E-state index is 12.1. The Morgan fingerprint density at radius 2 is 2.00 bits per heavy atom. The number of ether oxygens (including phenoxy) is 2. The number of rotatable bonds is 4. The zero-order valence-corrected chi connectivity index (χ0v) is 13.4. The molecule has 1 fully saturated rings. The minimum atomic E-state index is -0.246. The fourth-order valence-corrected chi connectivity index (χ4v) is 3.64. The molecule has 1 aliphatic rings. The standard InChI is InChI=1S/C17H19NO3S/c1-2-21-17(19)15-12-14(13-6-4-3-5-7-13)16(22-15)18-8-10-20-11-9-18/h3-7,12H,2,8-11H2,1H3. The van der Waals surface area contributed by atoms with E-state index in [1.165, 1.54) is 11.3 Å². The van der Waals surface area contributed by atoms with Crippen molar-refractivity contribution in [1.29, 1.82) is 0 Å². The molecule has 0 spiro atoms. The summed E-state index contributed by atoms with van der Waals surface area (Å²) in [5, 5.41) is 1.12. The predicted octanol–water partition coefficient (Wildman–Crippen LogP) is 3.43. The van der Waals surface area contributed by atoms with Gasteiger partial charge < -0.3 is 14.4 Å². The van der Waals surface area contributed by atoms with Crippen molar-refractivity contribution in [3.8, 4) is 11.1 Å². The number of thiophene rings is 1. The average molecular weight is 317 g/mol. The van der Waals surface area contributed by atoms with Crippen LogP contribution >= 0.6 is 11.3 Å². The number of hydrogen-bond donors (Lipinski definition) is 0. The van der Waals surface area contributed by atoms with Crippen LogP contribution in [0.4, 0.5) is 5.00 Å². The molecule has 0 saturated carbocycles. The SMILES string of the molecule is CCOC(=O)c1cc(-c2ccccc2)c(N2CCOCC2)s1. The van der Waals surface area contributed by atoms with E-state index in [1.54, 1.807) is 0 Å². The van der Waals surface area contributed by atoms with Gasteiger partial charge in [0.1, 0.15) is 4.88 Å². The Morgan fingerprint density at radius 1 is 1.27 bits per heavy atom. The summed E-state index contributed by atoms with van der Waals surface area (Å²) in [5.74, 6) is -0.246. The second kappa shape index (κ2) is 6.94. The lowest BCUT2D eigenvalue weighted by Gasteiger charge is -2.28. The molecular formula is C17H19NO3S. The minimum absolute atomic E-state index is 0.246. The van der Waals surface area contributed by atoms with Crippen LogP contribution in [0.25, 0.3) is 11.1 Å². The van der Waals surface area contributed by atoms with Gasteiger partial charge in [0, 0.05) is 18.7 Å². The van der Waals surface area contributed by atoms with E-state index in [-0.39, 0.29) is 5.97 Å². The lowest BCUT2D eigenvalue weighted by molar-refractivity contribution is 0.0532. The molecule has 116 valence electrons. The third kappa shape index (κ3) is 3.15. The van der Waals surface area contributed by atoms with Crippen LogP contribution in [-0.2, 0) is 9.47 Å². The van der Waals surface area contributed by atoms with Gasteiger partial charge in [0.2, 0.25) is 0 Å². The quantitative estimate of drug-likeness (QED) is 0.810. The van der Waals surface area contributed by atoms with Crippen molar-refractivity contribution in [2.45, 2.75) is 6.92 Å². The molecule has 22 heavy (non-hydrogen) atoms. The highest BCUT2D eigenvalue weighted by Gasteiger charge is 2.22. The van der Waals surface area contributed by atoms with E-state index in [4.69, 9.17) is 9.47 Å². The van der Waals surface area contributed by atoms with E-state index < -0.39 is 0 Å². The van der Waals surface area contributed by atoms with E-state index in [1.807, 2.05) is 31.2 Å². The third-order valence-corrected chi connectivity index (χ3v) is 4.75. The number of morpholine rings is 1. The van der Waals surface area contributed by atoms with Gasteiger partial charge in [0.05, 0.1) is 24.8 Å². The maximum atomic E-state index is 12.1. The first kappa shape index (κ1) is 15.1. The van der Waals surface area contributed by atoms with Crippen molar-refractivity contribution in [3.63, 3.8) is 0 Å². The number of carbonyl (C=O) groups is 1. The van der Waals surface area contributed by atoms with Crippen molar-refractivity contribution in [1.82, 2.24) is 0 Å². The van der Waals surface area contributed by atoms with Crippen LogP contribution in [0.2, 0.25) is 0 Å². The molecule has 2 aromatic rings. The molecule has 1 saturated heterocycles. The maximum Gasteiger partial charge on any atom is 0.348 e. The second-order valence-corrected chi connectivity index (χ2v) is 6.05. The molecule has 3 rings (SSSR count). The van der Waals surface area contributed by atoms with Gasteiger partial charge in [-0.2, -0.15) is 0 Å². The molecule has 5 heteroatoms. The summed E-state index contributed by atoms with van der Waals surface area (Å²) in [6.45, 7) is 5.36. The molecule has 0 unspecified atom stereocenters. The van der Waals surface area contributed by atoms with Gasteiger partial charge in [-0.1, -0.05) is 30.3 Å². The van der Waals surface area contributed by atoms with Crippen LogP contribution in [0.3, 0.4) is 0 Å². The van der Waals surface area contributed by atoms with Crippen LogP contribution in [0.15, 0.2) is 36.4 Å². The number of benzene rings is 1. The Hall–Kier alpha value is -1.85. The first-order valence-corrected chi connectivity index (χ1v) is 8.30. The van der Waals surface area contributed by atoms with Gasteiger partial charge in [-0.05, 0) is 18.6 Å². The van der Waals surface area contributed by atoms with Crippen LogP contribution in [0, 0.1) is 0 Å². The van der Waals surface area contributed by atoms with Crippen LogP contribution in [-0.4, -0.2) is 38.9 Å². The molecule has 2 heterocycles. The highest BCUT2D eigenvalue weighted by Crippen LogP contribution is 2.39. The van der Waals surface area contributed by atoms with E-state index in [0.29, 0.717) is 11.5 Å². The van der Waals surface area contributed by atoms with Gasteiger partial charge >= 0.3 is 5.97 Å². The second-order valence-electron chi connectivity index (χ2n) is 5.02. The molecule has 0 radical (unpaired) electrons. The molecule has 0 N–H and O–H groups in total. The van der Waals surface area contributed by atoms with Crippen LogP contribution < -0.4 is 4.90 Å². The fourth-order valence-electron chi connectivity index (χ4n) is 2.51. The summed E-state index contributed by atoms with van der Waals surface area (Å²) in [6.07, 6.45) is 0. The van der Waals surface area contributed by atoms with Crippen LogP contribution in [0.5, 0.6) is 0 Å². The Balaban J connectivity index is 1.99. The summed E-state index contributed by atoms with van der Waals surface area (Å²) in [5.41, 5.74) is 2.21. The van der Waals surface area contributed by atoms with Crippen LogP contribution in [0.1, 0.15) is 16.6 Å². The smallest absolute Gasteiger partial charge is 0.348 e. The molecule has 0 amide bonds. The Labute approximate surface area is 134 Å². The summed E-state index contributed by atoms with van der Waals surface area (Å²) in [6, 6.07) is 12.1. The van der Waals surface area contributed by atoms with E-state index >= 15 is 0 Å². The molecule has 1 aromatic carbocycles. The summed E-state index contributed by atoms with van der Waals surface area (Å²) in [4.78, 5) is 15.0. The Bertz CT molecular complexity index is 633. The van der Waals surface area contributed by atoms with Gasteiger partial charge in [-0.3, -0.25) is 0 Å². The van der Waals surface area contributed by atoms with Gasteiger partial charge in [0.25, 0.3) is 0 Å². The van der Waals surface area contributed by atoms with Gasteiger partial charge in [-0.25, -0.2) is 4.79 Å². The molecule has 0 atom stereocenters. The lowest BCUT2D eigenvalue weighted by Crippen LogP contribution is -2.35. The van der Waals surface area contributed by atoms with Crippen molar-refractivity contribution in [2.24, 2.45) is 0 Å². The van der Waals surface area contributed by atoms with Crippen molar-refractivity contribution < 1.29 is 14.3 Å². The highest BCUT2D eigenvalue weighted by molar-refractivity contribution is 7.18. The lowest BCUT2D eigenvalue weighted by atomic mass is 10.1. The van der Waals surface area contributed by atoms with Crippen molar-refractivity contribution in [2.75, 3.05) is 37.8 Å². The van der Waals surface area contributed by atoms with E-state index in [9.17, 15) is 4.79 Å². The third-order valence-electron chi connectivity index (χ3n) is 3.57. The number of esters is 1. The zero-order chi connectivity index (χ0) is 15.4. The number of anilines is 1. The van der Waals surface area contributed by atoms with Crippen molar-refractivity contribution >= 4 is 22.3 Å². The highest BCUT2D eigenvalue weighted by atomic mass is 32.1. The predicted molar refractivity (Wildman–Crippen MR) is 88.7 cm³/mol. The molecule has 4 nitrogen and oxygen atoms in total. The van der Waals surface area contributed by atoms with E-state index in [0.717, 1.165) is 42.4 Å². The van der Waals surface area contributed by atoms with Crippen molar-refractivity contribution in [3.05, 3.63) is 41.3 Å². The first-order chi connectivity index (χ1) is 10.8. The Kier molecular flexibility index (Phi) is 4.75. The first-order valence-electron chi connectivity index (χ1n) is 7.48. The molecule has 0 bridgehead atoms. The molecule has 1 aromatic heterocycles. The van der Waals surface area contributed by atoms with Gasteiger partial charge in [0.15, 0.2) is 0 Å². The molecular weight excluding hydrogens is 298 g/mol. The topological polar surface area (TPSA) is 38.8 Å². The summed E-state index contributed by atoms with van der Waals surface area (Å²) < 4.78 is 10.6. The summed E-state index contributed by atoms with van der Waals surface area (Å²) >= 11 is 1.50. The van der Waals surface area contributed by atoms with Gasteiger partial charge in [-0.15, -0.1) is 11.3 Å². The Morgan fingerprint density at radius 3 is 2.68 bits per heavy atom. The molecule has 1 aliphatic heterocycles. The van der Waals surface area contributed by atoms with E-state index in [2.05, 4.69) is 17.0 Å².